The lowest BCUT2D eigenvalue weighted by Crippen LogP contribution is -2.11. The Morgan fingerprint density at radius 1 is 0.944 bits per heavy atom. The Hall–Kier alpha value is -3.73. The van der Waals surface area contributed by atoms with Crippen molar-refractivity contribution in [1.29, 1.82) is 0 Å². The van der Waals surface area contributed by atoms with Gasteiger partial charge in [-0.3, -0.25) is 0 Å². The number of rotatable bonds is 11. The van der Waals surface area contributed by atoms with Crippen LogP contribution in [-0.4, -0.2) is 23.3 Å². The van der Waals surface area contributed by atoms with E-state index in [1.54, 1.807) is 7.11 Å². The van der Waals surface area contributed by atoms with Crippen LogP contribution >= 0.6 is 0 Å². The molecular weight excluding hydrogens is 448 g/mol. The molecule has 0 bridgehead atoms. The Kier molecular flexibility index (Phi) is 7.99. The molecule has 0 saturated heterocycles. The van der Waals surface area contributed by atoms with Crippen molar-refractivity contribution < 1.29 is 14.2 Å². The number of benzene rings is 3. The van der Waals surface area contributed by atoms with Gasteiger partial charge in [-0.1, -0.05) is 57.2 Å². The van der Waals surface area contributed by atoms with E-state index in [1.807, 2.05) is 54.6 Å². The van der Waals surface area contributed by atoms with Crippen LogP contribution in [0.15, 0.2) is 79.4 Å². The average Bonchev–Trinajstić information content (AvgIpc) is 3.23. The van der Waals surface area contributed by atoms with Crippen LogP contribution in [0.25, 0.3) is 11.0 Å². The first-order valence-electron chi connectivity index (χ1n) is 12.5. The van der Waals surface area contributed by atoms with Crippen LogP contribution in [-0.2, 0) is 25.0 Å². The summed E-state index contributed by atoms with van der Waals surface area (Å²) in [6, 6.07) is 22.6. The minimum Gasteiger partial charge on any atom is -0.493 e. The molecule has 3 aromatic carbocycles. The van der Waals surface area contributed by atoms with E-state index in [1.165, 1.54) is 5.56 Å². The molecule has 1 aromatic heterocycles. The summed E-state index contributed by atoms with van der Waals surface area (Å²) in [5.41, 5.74) is 4.63. The molecule has 0 spiro atoms. The number of nitrogens with zero attached hydrogens (tertiary/aromatic N) is 2. The van der Waals surface area contributed by atoms with Crippen LogP contribution in [0.5, 0.6) is 17.2 Å². The molecule has 0 radical (unpaired) electrons. The molecule has 4 aromatic rings. The van der Waals surface area contributed by atoms with Gasteiger partial charge < -0.3 is 18.8 Å². The first-order valence-corrected chi connectivity index (χ1v) is 12.5. The predicted octanol–water partition coefficient (Wildman–Crippen LogP) is 7.12. The number of ether oxygens (including phenoxy) is 3. The lowest BCUT2D eigenvalue weighted by molar-refractivity contribution is 0.273. The van der Waals surface area contributed by atoms with Gasteiger partial charge in [0.25, 0.3) is 0 Å². The standard InChI is InChI=1S/C31H36N2O3/c1-6-10-23-13-18-28(29(21-23)34-5)35-20-9-19-33-27-12-8-7-11-26(27)32-30(33)22-36-25-16-14-24(15-17-25)31(2,3)4/h6-8,11-18,21H,1,9-10,19-20,22H2,2-5H3. The minimum atomic E-state index is 0.117. The molecular formula is C31H36N2O3. The van der Waals surface area contributed by atoms with Crippen molar-refractivity contribution in [1.82, 2.24) is 9.55 Å². The van der Waals surface area contributed by atoms with Gasteiger partial charge in [0.1, 0.15) is 18.2 Å². The van der Waals surface area contributed by atoms with Crippen molar-refractivity contribution in [2.24, 2.45) is 0 Å². The highest BCUT2D eigenvalue weighted by atomic mass is 16.5. The largest absolute Gasteiger partial charge is 0.493 e. The quantitative estimate of drug-likeness (QED) is 0.168. The van der Waals surface area contributed by atoms with Crippen LogP contribution < -0.4 is 14.2 Å². The lowest BCUT2D eigenvalue weighted by atomic mass is 9.87. The summed E-state index contributed by atoms with van der Waals surface area (Å²) in [6.45, 7) is 12.2. The maximum Gasteiger partial charge on any atom is 0.161 e. The van der Waals surface area contributed by atoms with E-state index in [0.29, 0.717) is 13.2 Å². The Bertz CT molecular complexity index is 1300. The van der Waals surface area contributed by atoms with Gasteiger partial charge in [-0.25, -0.2) is 4.98 Å². The summed E-state index contributed by atoms with van der Waals surface area (Å²) < 4.78 is 19.9. The van der Waals surface area contributed by atoms with Gasteiger partial charge in [0.15, 0.2) is 11.5 Å². The lowest BCUT2D eigenvalue weighted by Gasteiger charge is -2.19. The summed E-state index contributed by atoms with van der Waals surface area (Å²) in [4.78, 5) is 4.85. The van der Waals surface area contributed by atoms with Gasteiger partial charge in [-0.15, -0.1) is 6.58 Å². The van der Waals surface area contributed by atoms with Crippen LogP contribution in [0.4, 0.5) is 0 Å². The topological polar surface area (TPSA) is 45.5 Å². The molecule has 188 valence electrons. The van der Waals surface area contributed by atoms with Gasteiger partial charge >= 0.3 is 0 Å². The molecule has 5 heteroatoms. The molecule has 4 rings (SSSR count). The third kappa shape index (κ3) is 6.09. The zero-order valence-electron chi connectivity index (χ0n) is 21.8. The summed E-state index contributed by atoms with van der Waals surface area (Å²) in [5, 5.41) is 0. The monoisotopic (exact) mass is 484 g/mol. The molecule has 0 unspecified atom stereocenters. The van der Waals surface area contributed by atoms with Gasteiger partial charge in [-0.2, -0.15) is 0 Å². The molecule has 0 atom stereocenters. The molecule has 0 amide bonds. The molecule has 0 saturated carbocycles. The van der Waals surface area contributed by atoms with Crippen molar-refractivity contribution in [3.63, 3.8) is 0 Å². The van der Waals surface area contributed by atoms with E-state index in [-0.39, 0.29) is 5.41 Å². The number of para-hydroxylation sites is 2. The van der Waals surface area contributed by atoms with E-state index >= 15 is 0 Å². The van der Waals surface area contributed by atoms with E-state index in [4.69, 9.17) is 19.2 Å². The normalized spacial score (nSPS) is 11.4. The highest BCUT2D eigenvalue weighted by Gasteiger charge is 2.14. The first kappa shape index (κ1) is 25.4. The second kappa shape index (κ2) is 11.3. The van der Waals surface area contributed by atoms with Crippen molar-refractivity contribution in [2.45, 2.75) is 52.2 Å². The number of imidazole rings is 1. The molecule has 0 aliphatic heterocycles. The fourth-order valence-corrected chi connectivity index (χ4v) is 4.21. The van der Waals surface area contributed by atoms with Crippen molar-refractivity contribution in [3.05, 3.63) is 96.3 Å². The average molecular weight is 485 g/mol. The van der Waals surface area contributed by atoms with E-state index in [2.05, 4.69) is 50.1 Å². The zero-order valence-corrected chi connectivity index (χ0v) is 21.8. The van der Waals surface area contributed by atoms with Crippen LogP contribution in [0.3, 0.4) is 0 Å². The molecule has 1 heterocycles. The smallest absolute Gasteiger partial charge is 0.161 e. The fraction of sp³-hybridized carbons (Fsp3) is 0.323. The summed E-state index contributed by atoms with van der Waals surface area (Å²) >= 11 is 0. The fourth-order valence-electron chi connectivity index (χ4n) is 4.21. The summed E-state index contributed by atoms with van der Waals surface area (Å²) in [5.74, 6) is 3.25. The molecule has 0 aliphatic carbocycles. The Balaban J connectivity index is 1.42. The van der Waals surface area contributed by atoms with Gasteiger partial charge in [0, 0.05) is 6.54 Å². The van der Waals surface area contributed by atoms with Crippen LogP contribution in [0.2, 0.25) is 0 Å². The Morgan fingerprint density at radius 3 is 2.44 bits per heavy atom. The van der Waals surface area contributed by atoms with E-state index in [9.17, 15) is 0 Å². The maximum atomic E-state index is 6.13. The number of methoxy groups -OCH3 is 1. The molecule has 36 heavy (non-hydrogen) atoms. The van der Waals surface area contributed by atoms with Crippen LogP contribution in [0, 0.1) is 0 Å². The second-order valence-corrected chi connectivity index (χ2v) is 9.91. The number of allylic oxidation sites excluding steroid dienone is 1. The minimum absolute atomic E-state index is 0.117. The van der Waals surface area contributed by atoms with E-state index in [0.717, 1.165) is 59.1 Å². The summed E-state index contributed by atoms with van der Waals surface area (Å²) in [6.07, 6.45) is 3.51. The third-order valence-corrected chi connectivity index (χ3v) is 6.21. The van der Waals surface area contributed by atoms with Crippen molar-refractivity contribution in [3.8, 4) is 17.2 Å². The molecule has 0 N–H and O–H groups in total. The molecule has 0 fully saturated rings. The SMILES string of the molecule is C=CCc1ccc(OCCCn2c(COc3ccc(C(C)(C)C)cc3)nc3ccccc32)c(OC)c1. The first-order chi connectivity index (χ1) is 17.4. The number of fused-ring (bicyclic) bond motifs is 1. The maximum absolute atomic E-state index is 6.13. The van der Waals surface area contributed by atoms with Crippen LogP contribution in [0.1, 0.15) is 44.1 Å². The number of aryl methyl sites for hydroxylation is 1. The molecule has 0 aliphatic rings. The number of hydrogen-bond donors (Lipinski definition) is 0. The molecule has 5 nitrogen and oxygen atoms in total. The third-order valence-electron chi connectivity index (χ3n) is 6.21. The Labute approximate surface area is 214 Å². The number of aromatic nitrogens is 2. The van der Waals surface area contributed by atoms with Crippen molar-refractivity contribution in [2.75, 3.05) is 13.7 Å². The van der Waals surface area contributed by atoms with Gasteiger partial charge in [-0.05, 0) is 65.8 Å². The van der Waals surface area contributed by atoms with Gasteiger partial charge in [0.2, 0.25) is 0 Å². The number of hydrogen-bond acceptors (Lipinski definition) is 4. The second-order valence-electron chi connectivity index (χ2n) is 9.91. The van der Waals surface area contributed by atoms with Gasteiger partial charge in [0.05, 0.1) is 24.8 Å². The van der Waals surface area contributed by atoms with Crippen molar-refractivity contribution >= 4 is 11.0 Å². The highest BCUT2D eigenvalue weighted by molar-refractivity contribution is 5.75. The predicted molar refractivity (Wildman–Crippen MR) is 146 cm³/mol. The highest BCUT2D eigenvalue weighted by Crippen LogP contribution is 2.29. The zero-order chi connectivity index (χ0) is 25.5. The summed E-state index contributed by atoms with van der Waals surface area (Å²) in [7, 11) is 1.67. The Morgan fingerprint density at radius 2 is 1.72 bits per heavy atom. The van der Waals surface area contributed by atoms with E-state index < -0.39 is 0 Å².